The highest BCUT2D eigenvalue weighted by Crippen LogP contribution is 2.33. The van der Waals surface area contributed by atoms with E-state index in [1.807, 2.05) is 0 Å². The van der Waals surface area contributed by atoms with Crippen LogP contribution in [-0.2, 0) is 24.3 Å². The summed E-state index contributed by atoms with van der Waals surface area (Å²) in [5.74, 6) is -1.03. The van der Waals surface area contributed by atoms with E-state index in [2.05, 4.69) is 14.8 Å². The first-order chi connectivity index (χ1) is 9.85. The van der Waals surface area contributed by atoms with Crippen LogP contribution in [0.2, 0.25) is 0 Å². The molecular weight excluding hydrogens is 296 g/mol. The molecule has 0 bridgehead atoms. The maximum absolute atomic E-state index is 12.1. The van der Waals surface area contributed by atoms with Crippen molar-refractivity contribution in [3.8, 4) is 0 Å². The predicted octanol–water partition coefficient (Wildman–Crippen LogP) is 0.584. The number of hydrogen-bond acceptors (Lipinski definition) is 5. The molecule has 1 aliphatic rings. The molecule has 0 spiro atoms. The molecule has 1 aromatic rings. The van der Waals surface area contributed by atoms with Gasteiger partial charge in [0, 0.05) is 12.2 Å². The van der Waals surface area contributed by atoms with E-state index in [1.54, 1.807) is 13.0 Å². The fourth-order valence-corrected chi connectivity index (χ4v) is 3.10. The van der Waals surface area contributed by atoms with Crippen LogP contribution < -0.4 is 10.0 Å². The Morgan fingerprint density at radius 1 is 1.43 bits per heavy atom. The summed E-state index contributed by atoms with van der Waals surface area (Å²) in [6, 6.07) is 4.45. The normalized spacial score (nSPS) is 17.2. The number of benzene rings is 1. The van der Waals surface area contributed by atoms with Crippen LogP contribution in [0.4, 0.5) is 5.69 Å². The Balaban J connectivity index is 2.15. The summed E-state index contributed by atoms with van der Waals surface area (Å²) in [7, 11) is -2.48. The molecule has 21 heavy (non-hydrogen) atoms. The van der Waals surface area contributed by atoms with E-state index in [1.165, 1.54) is 19.2 Å². The molecule has 2 rings (SSSR count). The van der Waals surface area contributed by atoms with Crippen molar-refractivity contribution in [1.29, 1.82) is 0 Å². The lowest BCUT2D eigenvalue weighted by Gasteiger charge is -2.08. The van der Waals surface area contributed by atoms with Crippen LogP contribution in [0, 0.1) is 0 Å². The molecule has 0 saturated carbocycles. The average Bonchev–Trinajstić information content (AvgIpc) is 2.73. The van der Waals surface area contributed by atoms with Gasteiger partial charge in [-0.3, -0.25) is 9.59 Å². The predicted molar refractivity (Wildman–Crippen MR) is 75.3 cm³/mol. The fraction of sp³-hybridized carbons (Fsp3) is 0.385. The van der Waals surface area contributed by atoms with E-state index in [0.717, 1.165) is 0 Å². The number of methoxy groups -OCH3 is 1. The Kier molecular flexibility index (Phi) is 4.29. The minimum atomic E-state index is -3.72. The lowest BCUT2D eigenvalue weighted by atomic mass is 10.0. The summed E-state index contributed by atoms with van der Waals surface area (Å²) in [4.78, 5) is 22.6. The van der Waals surface area contributed by atoms with E-state index in [0.29, 0.717) is 11.3 Å². The number of rotatable bonds is 5. The Bertz CT molecular complexity index is 684. The number of carbonyl (C=O) groups excluding carboxylic acids is 2. The molecule has 0 saturated heterocycles. The number of esters is 1. The standard InChI is InChI=1S/C13H16N2O5S/c1-8-10-7-9(3-4-11(10)15-13(8)17)21(18,19)14-6-5-12(16)20-2/h3-4,7-8,14H,5-6H2,1-2H3,(H,15,17). The van der Waals surface area contributed by atoms with Crippen molar-refractivity contribution < 1.29 is 22.7 Å². The quantitative estimate of drug-likeness (QED) is 0.775. The van der Waals surface area contributed by atoms with Gasteiger partial charge >= 0.3 is 5.97 Å². The van der Waals surface area contributed by atoms with E-state index in [4.69, 9.17) is 0 Å². The summed E-state index contributed by atoms with van der Waals surface area (Å²) in [6.45, 7) is 1.67. The lowest BCUT2D eigenvalue weighted by molar-refractivity contribution is -0.140. The maximum Gasteiger partial charge on any atom is 0.306 e. The average molecular weight is 312 g/mol. The van der Waals surface area contributed by atoms with Crippen molar-refractivity contribution in [1.82, 2.24) is 4.72 Å². The van der Waals surface area contributed by atoms with E-state index < -0.39 is 16.0 Å². The molecule has 114 valence electrons. The van der Waals surface area contributed by atoms with Gasteiger partial charge in [0.1, 0.15) is 0 Å². The Hall–Kier alpha value is -1.93. The Labute approximate surface area is 122 Å². The Morgan fingerprint density at radius 3 is 2.81 bits per heavy atom. The van der Waals surface area contributed by atoms with Crippen molar-refractivity contribution >= 4 is 27.6 Å². The third kappa shape index (κ3) is 3.22. The van der Waals surface area contributed by atoms with Crippen LogP contribution >= 0.6 is 0 Å². The number of nitrogens with one attached hydrogen (secondary N) is 2. The zero-order chi connectivity index (χ0) is 15.6. The monoisotopic (exact) mass is 312 g/mol. The minimum Gasteiger partial charge on any atom is -0.469 e. The molecule has 2 N–H and O–H groups in total. The second-order valence-electron chi connectivity index (χ2n) is 4.68. The van der Waals surface area contributed by atoms with Gasteiger partial charge < -0.3 is 10.1 Å². The van der Waals surface area contributed by atoms with Gasteiger partial charge in [-0.2, -0.15) is 0 Å². The first-order valence-corrected chi connectivity index (χ1v) is 7.85. The van der Waals surface area contributed by atoms with Gasteiger partial charge in [-0.15, -0.1) is 0 Å². The molecule has 1 amide bonds. The molecule has 1 atom stereocenters. The van der Waals surface area contributed by atoms with Gasteiger partial charge in [-0.05, 0) is 30.7 Å². The van der Waals surface area contributed by atoms with Crippen molar-refractivity contribution in [3.63, 3.8) is 0 Å². The molecule has 1 unspecified atom stereocenters. The van der Waals surface area contributed by atoms with Gasteiger partial charge in [0.25, 0.3) is 0 Å². The van der Waals surface area contributed by atoms with E-state index in [9.17, 15) is 18.0 Å². The lowest BCUT2D eigenvalue weighted by Crippen LogP contribution is -2.26. The smallest absolute Gasteiger partial charge is 0.306 e. The SMILES string of the molecule is COC(=O)CCNS(=O)(=O)c1ccc2c(c1)C(C)C(=O)N2. The number of hydrogen-bond donors (Lipinski definition) is 2. The highest BCUT2D eigenvalue weighted by atomic mass is 32.2. The van der Waals surface area contributed by atoms with Gasteiger partial charge in [0.2, 0.25) is 15.9 Å². The number of sulfonamides is 1. The first-order valence-electron chi connectivity index (χ1n) is 6.36. The first kappa shape index (κ1) is 15.5. The molecule has 7 nitrogen and oxygen atoms in total. The number of anilines is 1. The van der Waals surface area contributed by atoms with Crippen molar-refractivity contribution in [2.24, 2.45) is 0 Å². The summed E-state index contributed by atoms with van der Waals surface area (Å²) in [5.41, 5.74) is 1.27. The van der Waals surface area contributed by atoms with Crippen LogP contribution in [0.15, 0.2) is 23.1 Å². The molecular formula is C13H16N2O5S. The summed E-state index contributed by atoms with van der Waals surface area (Å²) in [6.07, 6.45) is -0.0445. The van der Waals surface area contributed by atoms with Gasteiger partial charge in [-0.1, -0.05) is 0 Å². The minimum absolute atomic E-state index is 0.0428. The van der Waals surface area contributed by atoms with Crippen molar-refractivity contribution in [3.05, 3.63) is 23.8 Å². The van der Waals surface area contributed by atoms with Gasteiger partial charge in [-0.25, -0.2) is 13.1 Å². The van der Waals surface area contributed by atoms with E-state index >= 15 is 0 Å². The van der Waals surface area contributed by atoms with Crippen LogP contribution in [0.3, 0.4) is 0 Å². The van der Waals surface area contributed by atoms with Crippen molar-refractivity contribution in [2.75, 3.05) is 19.0 Å². The highest BCUT2D eigenvalue weighted by molar-refractivity contribution is 7.89. The van der Waals surface area contributed by atoms with E-state index in [-0.39, 0.29) is 29.7 Å². The van der Waals surface area contributed by atoms with Crippen molar-refractivity contribution in [2.45, 2.75) is 24.2 Å². The number of ether oxygens (including phenoxy) is 1. The fourth-order valence-electron chi connectivity index (χ4n) is 2.04. The van der Waals surface area contributed by atoms with Crippen LogP contribution in [0.1, 0.15) is 24.8 Å². The second-order valence-corrected chi connectivity index (χ2v) is 6.45. The van der Waals surface area contributed by atoms with Gasteiger partial charge in [0.05, 0.1) is 24.3 Å². The maximum atomic E-state index is 12.1. The Morgan fingerprint density at radius 2 is 2.14 bits per heavy atom. The molecule has 0 aromatic heterocycles. The molecule has 8 heteroatoms. The second kappa shape index (κ2) is 5.82. The zero-order valence-electron chi connectivity index (χ0n) is 11.7. The van der Waals surface area contributed by atoms with Gasteiger partial charge in [0.15, 0.2) is 0 Å². The molecule has 0 aliphatic carbocycles. The largest absolute Gasteiger partial charge is 0.469 e. The summed E-state index contributed by atoms with van der Waals surface area (Å²) >= 11 is 0. The molecule has 1 aliphatic heterocycles. The highest BCUT2D eigenvalue weighted by Gasteiger charge is 2.28. The molecule has 1 aromatic carbocycles. The summed E-state index contributed by atoms with van der Waals surface area (Å²) in [5, 5.41) is 2.68. The number of amides is 1. The number of carbonyl (C=O) groups is 2. The van der Waals surface area contributed by atoms with Crippen LogP contribution in [-0.4, -0.2) is 33.9 Å². The van der Waals surface area contributed by atoms with Crippen LogP contribution in [0.5, 0.6) is 0 Å². The molecule has 1 heterocycles. The number of fused-ring (bicyclic) bond motifs is 1. The third-order valence-corrected chi connectivity index (χ3v) is 4.76. The third-order valence-electron chi connectivity index (χ3n) is 3.30. The summed E-state index contributed by atoms with van der Waals surface area (Å²) < 4.78 is 31.0. The molecule has 0 fully saturated rings. The molecule has 0 radical (unpaired) electrons. The van der Waals surface area contributed by atoms with Crippen LogP contribution in [0.25, 0.3) is 0 Å². The zero-order valence-corrected chi connectivity index (χ0v) is 12.5. The topological polar surface area (TPSA) is 102 Å².